The minimum atomic E-state index is -0.220. The lowest BCUT2D eigenvalue weighted by Gasteiger charge is -2.05. The predicted octanol–water partition coefficient (Wildman–Crippen LogP) is 3.70. The van der Waals surface area contributed by atoms with Crippen LogP contribution in [-0.2, 0) is 4.79 Å². The molecule has 0 aliphatic rings. The monoisotopic (exact) mass is 272 g/mol. The lowest BCUT2D eigenvalue weighted by atomic mass is 10.2. The first-order valence-electron chi connectivity index (χ1n) is 5.80. The molecule has 0 saturated carbocycles. The van der Waals surface area contributed by atoms with E-state index in [0.29, 0.717) is 10.7 Å². The van der Waals surface area contributed by atoms with Gasteiger partial charge in [-0.05, 0) is 48.4 Å². The van der Waals surface area contributed by atoms with Gasteiger partial charge in [0.25, 0.3) is 0 Å². The number of amides is 1. The molecule has 0 atom stereocenters. The van der Waals surface area contributed by atoms with E-state index in [1.54, 1.807) is 24.5 Å². The summed E-state index contributed by atoms with van der Waals surface area (Å²) in [4.78, 5) is 15.7. The summed E-state index contributed by atoms with van der Waals surface area (Å²) in [6.45, 7) is 1.95. The fourth-order valence-electron chi connectivity index (χ4n) is 1.54. The molecule has 4 heteroatoms. The Morgan fingerprint density at radius 3 is 2.68 bits per heavy atom. The van der Waals surface area contributed by atoms with E-state index in [9.17, 15) is 4.79 Å². The zero-order valence-electron chi connectivity index (χ0n) is 10.4. The quantitative estimate of drug-likeness (QED) is 0.866. The van der Waals surface area contributed by atoms with Crippen molar-refractivity contribution in [1.82, 2.24) is 4.98 Å². The SMILES string of the molecule is Cc1ccc(NC(=O)C=Cc2ccncc2)c(Cl)c1. The third-order valence-corrected chi connectivity index (χ3v) is 2.83. The van der Waals surface area contributed by atoms with E-state index >= 15 is 0 Å². The molecular weight excluding hydrogens is 260 g/mol. The Hall–Kier alpha value is -2.13. The number of hydrogen-bond donors (Lipinski definition) is 1. The van der Waals surface area contributed by atoms with Crippen LogP contribution in [0, 0.1) is 6.92 Å². The first-order valence-corrected chi connectivity index (χ1v) is 6.18. The maximum absolute atomic E-state index is 11.8. The van der Waals surface area contributed by atoms with Gasteiger partial charge in [-0.15, -0.1) is 0 Å². The number of anilines is 1. The topological polar surface area (TPSA) is 42.0 Å². The number of nitrogens with zero attached hydrogens (tertiary/aromatic N) is 1. The zero-order valence-corrected chi connectivity index (χ0v) is 11.2. The van der Waals surface area contributed by atoms with Crippen LogP contribution in [-0.4, -0.2) is 10.9 Å². The summed E-state index contributed by atoms with van der Waals surface area (Å²) in [5.41, 5.74) is 2.58. The summed E-state index contributed by atoms with van der Waals surface area (Å²) in [5.74, 6) is -0.220. The minimum absolute atomic E-state index is 0.220. The number of hydrogen-bond acceptors (Lipinski definition) is 2. The molecule has 1 aromatic carbocycles. The molecule has 1 amide bonds. The Morgan fingerprint density at radius 1 is 1.26 bits per heavy atom. The molecule has 0 bridgehead atoms. The van der Waals surface area contributed by atoms with Crippen molar-refractivity contribution >= 4 is 29.3 Å². The molecular formula is C15H13ClN2O. The number of benzene rings is 1. The normalized spacial score (nSPS) is 10.6. The van der Waals surface area contributed by atoms with E-state index in [1.807, 2.05) is 31.2 Å². The molecule has 0 aliphatic carbocycles. The van der Waals surface area contributed by atoms with E-state index < -0.39 is 0 Å². The maximum Gasteiger partial charge on any atom is 0.248 e. The van der Waals surface area contributed by atoms with E-state index in [1.165, 1.54) is 6.08 Å². The van der Waals surface area contributed by atoms with Crippen molar-refractivity contribution in [3.63, 3.8) is 0 Å². The van der Waals surface area contributed by atoms with Gasteiger partial charge in [0, 0.05) is 18.5 Å². The number of nitrogens with one attached hydrogen (secondary N) is 1. The molecule has 96 valence electrons. The van der Waals surface area contributed by atoms with Crippen LogP contribution in [0.3, 0.4) is 0 Å². The average molecular weight is 273 g/mol. The molecule has 0 unspecified atom stereocenters. The van der Waals surface area contributed by atoms with Crippen LogP contribution < -0.4 is 5.32 Å². The molecule has 19 heavy (non-hydrogen) atoms. The van der Waals surface area contributed by atoms with Crippen molar-refractivity contribution in [2.24, 2.45) is 0 Å². The van der Waals surface area contributed by atoms with Gasteiger partial charge >= 0.3 is 0 Å². The second-order valence-electron chi connectivity index (χ2n) is 4.09. The third-order valence-electron chi connectivity index (χ3n) is 2.52. The first-order chi connectivity index (χ1) is 9.15. The second kappa shape index (κ2) is 6.16. The van der Waals surface area contributed by atoms with Gasteiger partial charge in [0.15, 0.2) is 0 Å². The Labute approximate surface area is 116 Å². The lowest BCUT2D eigenvalue weighted by molar-refractivity contribution is -0.111. The molecule has 2 rings (SSSR count). The van der Waals surface area contributed by atoms with Crippen LogP contribution >= 0.6 is 11.6 Å². The van der Waals surface area contributed by atoms with E-state index in [0.717, 1.165) is 11.1 Å². The Kier molecular flexibility index (Phi) is 4.31. The molecule has 1 heterocycles. The highest BCUT2D eigenvalue weighted by Crippen LogP contribution is 2.22. The van der Waals surface area contributed by atoms with Crippen molar-refractivity contribution in [3.8, 4) is 0 Å². The van der Waals surface area contributed by atoms with Gasteiger partial charge in [0.1, 0.15) is 0 Å². The molecule has 0 spiro atoms. The van der Waals surface area contributed by atoms with Gasteiger partial charge in [0.2, 0.25) is 5.91 Å². The standard InChI is InChI=1S/C15H13ClN2O/c1-11-2-4-14(13(16)10-11)18-15(19)5-3-12-6-8-17-9-7-12/h2-10H,1H3,(H,18,19). The molecule has 1 N–H and O–H groups in total. The number of aryl methyl sites for hydroxylation is 1. The highest BCUT2D eigenvalue weighted by atomic mass is 35.5. The maximum atomic E-state index is 11.8. The zero-order chi connectivity index (χ0) is 13.7. The Morgan fingerprint density at radius 2 is 2.00 bits per heavy atom. The van der Waals surface area contributed by atoms with Crippen LogP contribution in [0.2, 0.25) is 5.02 Å². The van der Waals surface area contributed by atoms with Crippen molar-refractivity contribution in [1.29, 1.82) is 0 Å². The number of carbonyl (C=O) groups is 1. The Bertz CT molecular complexity index is 609. The summed E-state index contributed by atoms with van der Waals surface area (Å²) < 4.78 is 0. The van der Waals surface area contributed by atoms with Crippen molar-refractivity contribution in [3.05, 3.63) is 65.0 Å². The van der Waals surface area contributed by atoms with Gasteiger partial charge in [-0.1, -0.05) is 17.7 Å². The summed E-state index contributed by atoms with van der Waals surface area (Å²) in [6, 6.07) is 9.14. The van der Waals surface area contributed by atoms with E-state index in [-0.39, 0.29) is 5.91 Å². The molecule has 0 saturated heterocycles. The largest absolute Gasteiger partial charge is 0.321 e. The van der Waals surface area contributed by atoms with Crippen molar-refractivity contribution in [2.75, 3.05) is 5.32 Å². The summed E-state index contributed by atoms with van der Waals surface area (Å²) in [5, 5.41) is 3.27. The number of rotatable bonds is 3. The number of aromatic nitrogens is 1. The van der Waals surface area contributed by atoms with E-state index in [2.05, 4.69) is 10.3 Å². The van der Waals surface area contributed by atoms with Crippen LogP contribution in [0.4, 0.5) is 5.69 Å². The van der Waals surface area contributed by atoms with Crippen LogP contribution in [0.25, 0.3) is 6.08 Å². The molecule has 1 aromatic heterocycles. The molecule has 3 nitrogen and oxygen atoms in total. The Balaban J connectivity index is 2.04. The minimum Gasteiger partial charge on any atom is -0.321 e. The molecule has 0 aliphatic heterocycles. The number of halogens is 1. The third kappa shape index (κ3) is 3.93. The van der Waals surface area contributed by atoms with Crippen molar-refractivity contribution in [2.45, 2.75) is 6.92 Å². The van der Waals surface area contributed by atoms with Gasteiger partial charge in [0.05, 0.1) is 10.7 Å². The first kappa shape index (κ1) is 13.3. The molecule has 0 fully saturated rings. The summed E-state index contributed by atoms with van der Waals surface area (Å²) in [6.07, 6.45) is 6.54. The highest BCUT2D eigenvalue weighted by molar-refractivity contribution is 6.33. The second-order valence-corrected chi connectivity index (χ2v) is 4.49. The van der Waals surface area contributed by atoms with Crippen LogP contribution in [0.5, 0.6) is 0 Å². The molecule has 2 aromatic rings. The van der Waals surface area contributed by atoms with Crippen LogP contribution in [0.15, 0.2) is 48.8 Å². The summed E-state index contributed by atoms with van der Waals surface area (Å²) >= 11 is 6.04. The summed E-state index contributed by atoms with van der Waals surface area (Å²) in [7, 11) is 0. The van der Waals surface area contributed by atoms with Gasteiger partial charge < -0.3 is 5.32 Å². The number of pyridine rings is 1. The number of carbonyl (C=O) groups excluding carboxylic acids is 1. The van der Waals surface area contributed by atoms with Gasteiger partial charge in [-0.2, -0.15) is 0 Å². The molecule has 0 radical (unpaired) electrons. The van der Waals surface area contributed by atoms with E-state index in [4.69, 9.17) is 11.6 Å². The average Bonchev–Trinajstić information content (AvgIpc) is 2.41. The fourth-order valence-corrected chi connectivity index (χ4v) is 1.82. The van der Waals surface area contributed by atoms with Crippen LogP contribution in [0.1, 0.15) is 11.1 Å². The van der Waals surface area contributed by atoms with Crippen molar-refractivity contribution < 1.29 is 4.79 Å². The fraction of sp³-hybridized carbons (Fsp3) is 0.0667. The predicted molar refractivity (Wildman–Crippen MR) is 78.1 cm³/mol. The van der Waals surface area contributed by atoms with Gasteiger partial charge in [-0.25, -0.2) is 0 Å². The smallest absolute Gasteiger partial charge is 0.248 e. The highest BCUT2D eigenvalue weighted by Gasteiger charge is 2.02. The van der Waals surface area contributed by atoms with Gasteiger partial charge in [-0.3, -0.25) is 9.78 Å². The lowest BCUT2D eigenvalue weighted by Crippen LogP contribution is -2.08.